The molecule has 4 saturated carbocycles. The molecule has 0 amide bonds. The van der Waals surface area contributed by atoms with E-state index < -0.39 is 199 Å². The van der Waals surface area contributed by atoms with Gasteiger partial charge in [0.05, 0.1) is 44.1 Å². The van der Waals surface area contributed by atoms with Crippen molar-refractivity contribution in [2.75, 3.05) is 26.4 Å². The van der Waals surface area contributed by atoms with Gasteiger partial charge in [0.2, 0.25) is 0 Å². The van der Waals surface area contributed by atoms with Crippen LogP contribution in [0.5, 0.6) is 0 Å². The number of esters is 2. The smallest absolute Gasteiger partial charge is 0.335 e. The SMILES string of the molecule is C/C=C(/C)C(=O)O[C@@H]1[C@H](OC(C)=O)[C@@]2(CO)C(CC1(C)C)C1=CCC3[C@@]4(C)CC[C@H](O[C@@H]5O[C@H](C(=O)O)[C@@H](O[C@@H]6O[C@H](CO)[C@@H](O)[C@H](O)[C@H]6O)[C@H](O)[C@H]5O[C@@H]5O[C@H](CO)[C@@H](O)[C@H](O)[C@H]5O)[C@](C)(CO)C4CC[C@@]3(C)[C@]1(N)C[C@H]2O. The van der Waals surface area contributed by atoms with E-state index in [-0.39, 0.29) is 24.7 Å². The number of aliphatic hydroxyl groups excluding tert-OH is 12. The van der Waals surface area contributed by atoms with Crippen molar-refractivity contribution < 1.29 is 119 Å². The molecule has 0 bridgehead atoms. The Kier molecular flexibility index (Phi) is 17.8. The zero-order valence-corrected chi connectivity index (χ0v) is 46.0. The van der Waals surface area contributed by atoms with Gasteiger partial charge in [-0.1, -0.05) is 46.8 Å². The lowest BCUT2D eigenvalue weighted by molar-refractivity contribution is -0.391. The van der Waals surface area contributed by atoms with Crippen LogP contribution in [0.25, 0.3) is 0 Å². The summed E-state index contributed by atoms with van der Waals surface area (Å²) in [7, 11) is 0. The summed E-state index contributed by atoms with van der Waals surface area (Å²) >= 11 is 0. The van der Waals surface area contributed by atoms with Crippen LogP contribution in [0.1, 0.15) is 100 Å². The van der Waals surface area contributed by atoms with Crippen LogP contribution in [-0.2, 0) is 52.3 Å². The van der Waals surface area contributed by atoms with Gasteiger partial charge in [-0.15, -0.1) is 0 Å². The van der Waals surface area contributed by atoms with Gasteiger partial charge in [0.1, 0.15) is 79.4 Å². The van der Waals surface area contributed by atoms with Crippen molar-refractivity contribution >= 4 is 17.9 Å². The van der Waals surface area contributed by atoms with Crippen LogP contribution in [0.4, 0.5) is 0 Å². The number of hydrogen-bond acceptors (Lipinski definition) is 24. The first kappa shape index (κ1) is 62.2. The molecule has 0 radical (unpaired) electrons. The maximum absolute atomic E-state index is 13.4. The molecule has 27 atom stereocenters. The van der Waals surface area contributed by atoms with Crippen molar-refractivity contribution in [1.29, 1.82) is 0 Å². The highest BCUT2D eigenvalue weighted by Crippen LogP contribution is 2.73. The Morgan fingerprint density at radius 1 is 0.684 bits per heavy atom. The van der Waals surface area contributed by atoms with Gasteiger partial charge in [0, 0.05) is 28.9 Å². The van der Waals surface area contributed by atoms with Gasteiger partial charge in [0.15, 0.2) is 25.0 Å². The molecule has 0 aromatic carbocycles. The zero-order valence-electron chi connectivity index (χ0n) is 46.0. The first-order chi connectivity index (χ1) is 36.9. The van der Waals surface area contributed by atoms with E-state index in [9.17, 15) is 80.8 Å². The van der Waals surface area contributed by atoms with Crippen LogP contribution < -0.4 is 5.73 Å². The molecule has 25 nitrogen and oxygen atoms in total. The Morgan fingerprint density at radius 3 is 1.78 bits per heavy atom. The largest absolute Gasteiger partial charge is 0.479 e. The lowest BCUT2D eigenvalue weighted by Gasteiger charge is -2.72. The van der Waals surface area contributed by atoms with Crippen molar-refractivity contribution in [3.63, 3.8) is 0 Å². The van der Waals surface area contributed by atoms with E-state index in [1.165, 1.54) is 6.92 Å². The van der Waals surface area contributed by atoms with Gasteiger partial charge in [-0.05, 0) is 93.0 Å². The number of aliphatic hydroxyl groups is 12. The van der Waals surface area contributed by atoms with Crippen molar-refractivity contribution in [3.8, 4) is 0 Å². The third-order valence-corrected chi connectivity index (χ3v) is 20.6. The van der Waals surface area contributed by atoms with E-state index in [0.717, 1.165) is 5.57 Å². The maximum atomic E-state index is 13.4. The van der Waals surface area contributed by atoms with Gasteiger partial charge in [0.25, 0.3) is 0 Å². The van der Waals surface area contributed by atoms with Gasteiger partial charge in [-0.2, -0.15) is 0 Å². The molecule has 7 fully saturated rings. The van der Waals surface area contributed by atoms with Crippen molar-refractivity contribution in [3.05, 3.63) is 23.3 Å². The molecule has 3 heterocycles. The second-order valence-corrected chi connectivity index (χ2v) is 25.2. The van der Waals surface area contributed by atoms with Crippen LogP contribution in [0, 0.1) is 44.8 Å². The fourth-order valence-corrected chi connectivity index (χ4v) is 15.9. The van der Waals surface area contributed by atoms with E-state index in [4.69, 9.17) is 43.6 Å². The highest BCUT2D eigenvalue weighted by atomic mass is 16.8. The second kappa shape index (κ2) is 22.6. The molecule has 15 N–H and O–H groups in total. The standard InChI is InChI=1S/C54H85NO24/c1-9-22(2)45(71)79-42-43(72-23(3)60)53(21-59)25(16-49(42,4)5)24-10-11-29-50(6)14-13-31(51(7,20-58)28(50)12-15-52(29,8)54(24,55)17-30(53)61)75-48-40(77-47-37(67)35(65)33(63)27(19-57)74-47)38(68)39(41(78-48)44(69)70)76-46-36(66)34(64)32(62)26(18-56)73-46/h9-10,25-43,46-48,56-59,61-68H,11-21,55H2,1-8H3,(H,69,70)/b22-9-/t25?,26-,27-,28?,29?,30-,31+,32-,33-,34+,35+,36-,37-,38+,39+,40-,41+,42-,43+,46+,47+,48-,50+,51-,52-,53+,54+/m1/s1. The maximum Gasteiger partial charge on any atom is 0.335 e. The van der Waals surface area contributed by atoms with E-state index in [1.807, 2.05) is 20.8 Å². The Bertz CT molecular complexity index is 2300. The van der Waals surface area contributed by atoms with Gasteiger partial charge < -0.3 is 110 Å². The van der Waals surface area contributed by atoms with Crippen LogP contribution in [0.15, 0.2) is 23.3 Å². The fraction of sp³-hybridized carbons (Fsp3) is 0.870. The number of allylic oxidation sites excluding steroid dienone is 2. The number of ether oxygens (including phenoxy) is 8. The average Bonchev–Trinajstić information content (AvgIpc) is 3.25. The number of carbonyl (C=O) groups excluding carboxylic acids is 2. The minimum absolute atomic E-state index is 0.0532. The molecule has 3 aliphatic heterocycles. The molecule has 5 aliphatic carbocycles. The Labute approximate surface area is 458 Å². The predicted molar refractivity (Wildman–Crippen MR) is 268 cm³/mol. The molecule has 8 rings (SSSR count). The van der Waals surface area contributed by atoms with E-state index in [2.05, 4.69) is 19.9 Å². The monoisotopic (exact) mass is 1130 g/mol. The fourth-order valence-electron chi connectivity index (χ4n) is 15.9. The van der Waals surface area contributed by atoms with Crippen molar-refractivity contribution in [2.24, 2.45) is 50.6 Å². The van der Waals surface area contributed by atoms with Crippen LogP contribution in [-0.4, -0.2) is 233 Å². The molecule has 79 heavy (non-hydrogen) atoms. The Balaban J connectivity index is 1.12. The zero-order chi connectivity index (χ0) is 58.4. The summed E-state index contributed by atoms with van der Waals surface area (Å²) in [5.74, 6) is -4.26. The molecular weight excluding hydrogens is 1050 g/mol. The lowest BCUT2D eigenvalue weighted by atomic mass is 9.34. The molecule has 0 aromatic rings. The summed E-state index contributed by atoms with van der Waals surface area (Å²) in [5.41, 5.74) is 2.87. The number of carboxylic acids is 1. The summed E-state index contributed by atoms with van der Waals surface area (Å²) < 4.78 is 48.0. The minimum atomic E-state index is -2.19. The quantitative estimate of drug-likeness (QED) is 0.0366. The molecule has 450 valence electrons. The lowest BCUT2D eigenvalue weighted by Crippen LogP contribution is -2.77. The summed E-state index contributed by atoms with van der Waals surface area (Å²) in [6.45, 7) is 11.5. The molecular formula is C54H85NO24. The van der Waals surface area contributed by atoms with Gasteiger partial charge in [-0.3, -0.25) is 4.79 Å². The molecule has 0 aromatic heterocycles. The summed E-state index contributed by atoms with van der Waals surface area (Å²) in [6.07, 6.45) is -27.7. The summed E-state index contributed by atoms with van der Waals surface area (Å²) in [4.78, 5) is 39.5. The number of nitrogens with two attached hydrogens (primary N) is 1. The summed E-state index contributed by atoms with van der Waals surface area (Å²) in [5, 5.41) is 143. The van der Waals surface area contributed by atoms with Crippen LogP contribution in [0.3, 0.4) is 0 Å². The predicted octanol–water partition coefficient (Wildman–Crippen LogP) is -2.63. The topological polar surface area (TPSA) is 414 Å². The Morgan fingerprint density at radius 2 is 1.27 bits per heavy atom. The molecule has 0 spiro atoms. The van der Waals surface area contributed by atoms with E-state index >= 15 is 0 Å². The highest BCUT2D eigenvalue weighted by Gasteiger charge is 2.74. The third kappa shape index (κ3) is 9.93. The second-order valence-electron chi connectivity index (χ2n) is 25.2. The Hall–Kier alpha value is -2.87. The number of carbonyl (C=O) groups is 3. The van der Waals surface area contributed by atoms with E-state index in [1.54, 1.807) is 19.9 Å². The van der Waals surface area contributed by atoms with Crippen molar-refractivity contribution in [2.45, 2.75) is 222 Å². The van der Waals surface area contributed by atoms with E-state index in [0.29, 0.717) is 37.7 Å². The van der Waals surface area contributed by atoms with Crippen LogP contribution in [0.2, 0.25) is 0 Å². The average molecular weight is 1130 g/mol. The minimum Gasteiger partial charge on any atom is -0.479 e. The number of aliphatic carboxylic acids is 1. The number of rotatable bonds is 14. The first-order valence-corrected chi connectivity index (χ1v) is 27.5. The molecule has 25 heteroatoms. The highest BCUT2D eigenvalue weighted by molar-refractivity contribution is 5.87. The normalized spacial score (nSPS) is 50.6. The number of carboxylic acid groups (broad SMARTS) is 1. The number of hydrogen-bond donors (Lipinski definition) is 14. The van der Waals surface area contributed by atoms with Crippen molar-refractivity contribution in [1.82, 2.24) is 0 Å². The van der Waals surface area contributed by atoms with Crippen LogP contribution >= 0.6 is 0 Å². The van der Waals surface area contributed by atoms with Gasteiger partial charge in [-0.25, -0.2) is 9.59 Å². The molecule has 3 saturated heterocycles. The van der Waals surface area contributed by atoms with Gasteiger partial charge >= 0.3 is 17.9 Å². The first-order valence-electron chi connectivity index (χ1n) is 27.5. The third-order valence-electron chi connectivity index (χ3n) is 20.6. The molecule has 3 unspecified atom stereocenters. The summed E-state index contributed by atoms with van der Waals surface area (Å²) in [6, 6.07) is 0. The molecule has 8 aliphatic rings. The number of fused-ring (bicyclic) bond motifs is 7.